The maximum Gasteiger partial charge on any atom is 0.269 e. The molecule has 1 aromatic rings. The number of carbonyl (C=O) groups is 1. The summed E-state index contributed by atoms with van der Waals surface area (Å²) >= 11 is 0. The first kappa shape index (κ1) is 7.54. The van der Waals surface area contributed by atoms with E-state index in [9.17, 15) is 4.79 Å². The maximum atomic E-state index is 10.5. The number of nitrogens with one attached hydrogen (secondary N) is 1. The number of hydrogen-bond donors (Lipinski definition) is 0. The van der Waals surface area contributed by atoms with Crippen molar-refractivity contribution >= 4 is 12.0 Å². The third-order valence-corrected chi connectivity index (χ3v) is 1.41. The SMILES string of the molecule is C=Cc1ccc(C([NH])=O)cc1. The fraction of sp³-hybridized carbons (Fsp3) is 0. The molecule has 1 radical (unpaired) electrons. The molecule has 55 valence electrons. The molecule has 1 amide bonds. The Kier molecular flexibility index (Phi) is 2.06. The zero-order chi connectivity index (χ0) is 8.27. The van der Waals surface area contributed by atoms with Crippen LogP contribution in [0.3, 0.4) is 0 Å². The first-order valence-corrected chi connectivity index (χ1v) is 3.22. The largest absolute Gasteiger partial charge is 0.269 e. The van der Waals surface area contributed by atoms with Crippen LogP contribution in [0.25, 0.3) is 6.08 Å². The third kappa shape index (κ3) is 1.67. The second-order valence-corrected chi connectivity index (χ2v) is 2.16. The van der Waals surface area contributed by atoms with Gasteiger partial charge in [-0.25, -0.2) is 0 Å². The smallest absolute Gasteiger partial charge is 0.267 e. The summed E-state index contributed by atoms with van der Waals surface area (Å²) in [6.45, 7) is 3.57. The predicted molar refractivity (Wildman–Crippen MR) is 44.0 cm³/mol. The zero-order valence-electron chi connectivity index (χ0n) is 6.00. The van der Waals surface area contributed by atoms with Gasteiger partial charge in [-0.1, -0.05) is 24.8 Å². The van der Waals surface area contributed by atoms with Gasteiger partial charge in [-0.15, -0.1) is 0 Å². The average molecular weight is 146 g/mol. The van der Waals surface area contributed by atoms with E-state index in [1.54, 1.807) is 30.3 Å². The second-order valence-electron chi connectivity index (χ2n) is 2.16. The molecule has 1 N–H and O–H groups in total. The molecule has 2 heteroatoms. The summed E-state index contributed by atoms with van der Waals surface area (Å²) in [6.07, 6.45) is 1.69. The Bertz CT molecular complexity index is 274. The minimum atomic E-state index is -0.652. The summed E-state index contributed by atoms with van der Waals surface area (Å²) in [7, 11) is 0. The van der Waals surface area contributed by atoms with Gasteiger partial charge in [0.25, 0.3) is 5.91 Å². The van der Waals surface area contributed by atoms with Gasteiger partial charge in [0.15, 0.2) is 0 Å². The van der Waals surface area contributed by atoms with Crippen molar-refractivity contribution in [3.8, 4) is 0 Å². The Labute approximate surface area is 65.3 Å². The van der Waals surface area contributed by atoms with Gasteiger partial charge in [-0.05, 0) is 17.7 Å². The molecule has 0 heterocycles. The number of amides is 1. The van der Waals surface area contributed by atoms with E-state index in [0.29, 0.717) is 5.56 Å². The molecule has 1 aromatic carbocycles. The Morgan fingerprint density at radius 1 is 1.36 bits per heavy atom. The summed E-state index contributed by atoms with van der Waals surface area (Å²) in [5.74, 6) is -0.652. The highest BCUT2D eigenvalue weighted by atomic mass is 16.1. The topological polar surface area (TPSA) is 40.9 Å². The van der Waals surface area contributed by atoms with Crippen LogP contribution in [-0.4, -0.2) is 5.91 Å². The summed E-state index contributed by atoms with van der Waals surface area (Å²) < 4.78 is 0. The van der Waals surface area contributed by atoms with E-state index >= 15 is 0 Å². The van der Waals surface area contributed by atoms with Crippen molar-refractivity contribution in [2.45, 2.75) is 0 Å². The minimum absolute atomic E-state index is 0.413. The average Bonchev–Trinajstić information content (AvgIpc) is 2.05. The Balaban J connectivity index is 3.00. The van der Waals surface area contributed by atoms with Gasteiger partial charge in [-0.3, -0.25) is 10.5 Å². The zero-order valence-corrected chi connectivity index (χ0v) is 6.00. The number of hydrogen-bond acceptors (Lipinski definition) is 1. The van der Waals surface area contributed by atoms with Crippen molar-refractivity contribution < 1.29 is 4.79 Å². The summed E-state index contributed by atoms with van der Waals surface area (Å²) in [6, 6.07) is 6.75. The van der Waals surface area contributed by atoms with Crippen LogP contribution < -0.4 is 5.73 Å². The Morgan fingerprint density at radius 3 is 2.27 bits per heavy atom. The monoisotopic (exact) mass is 146 g/mol. The molecule has 0 aliphatic carbocycles. The van der Waals surface area contributed by atoms with Gasteiger partial charge in [-0.2, -0.15) is 0 Å². The predicted octanol–water partition coefficient (Wildman–Crippen LogP) is 1.75. The molecule has 0 aliphatic heterocycles. The molecule has 1 rings (SSSR count). The highest BCUT2D eigenvalue weighted by Crippen LogP contribution is 2.04. The second kappa shape index (κ2) is 3.01. The molecule has 0 spiro atoms. The van der Waals surface area contributed by atoms with Crippen LogP contribution in [0, 0.1) is 0 Å². The fourth-order valence-corrected chi connectivity index (χ4v) is 0.771. The molecule has 0 atom stereocenters. The van der Waals surface area contributed by atoms with Crippen LogP contribution in [0.5, 0.6) is 0 Å². The fourth-order valence-electron chi connectivity index (χ4n) is 0.771. The van der Waals surface area contributed by atoms with E-state index in [0.717, 1.165) is 5.56 Å². The first-order chi connectivity index (χ1) is 5.24. The van der Waals surface area contributed by atoms with E-state index in [1.807, 2.05) is 0 Å². The molecule has 2 nitrogen and oxygen atoms in total. The molecule has 11 heavy (non-hydrogen) atoms. The van der Waals surface area contributed by atoms with Crippen molar-refractivity contribution in [3.63, 3.8) is 0 Å². The summed E-state index contributed by atoms with van der Waals surface area (Å²) in [5.41, 5.74) is 8.15. The third-order valence-electron chi connectivity index (χ3n) is 1.41. The van der Waals surface area contributed by atoms with E-state index < -0.39 is 5.91 Å². The van der Waals surface area contributed by atoms with Crippen molar-refractivity contribution in [3.05, 3.63) is 42.0 Å². The molecule has 0 unspecified atom stereocenters. The van der Waals surface area contributed by atoms with Crippen molar-refractivity contribution in [1.29, 1.82) is 0 Å². The van der Waals surface area contributed by atoms with Crippen molar-refractivity contribution in [2.75, 3.05) is 0 Å². The van der Waals surface area contributed by atoms with Gasteiger partial charge >= 0.3 is 0 Å². The lowest BCUT2D eigenvalue weighted by Gasteiger charge is -1.94. The Morgan fingerprint density at radius 2 is 1.91 bits per heavy atom. The van der Waals surface area contributed by atoms with E-state index in [2.05, 4.69) is 6.58 Å². The Hall–Kier alpha value is -1.57. The van der Waals surface area contributed by atoms with Crippen LogP contribution >= 0.6 is 0 Å². The molecule has 0 saturated carbocycles. The van der Waals surface area contributed by atoms with Crippen LogP contribution in [0.15, 0.2) is 30.8 Å². The van der Waals surface area contributed by atoms with Crippen LogP contribution in [0.2, 0.25) is 0 Å². The maximum absolute atomic E-state index is 10.5. The lowest BCUT2D eigenvalue weighted by atomic mass is 10.1. The summed E-state index contributed by atoms with van der Waals surface area (Å²) in [4.78, 5) is 10.5. The molecular formula is C9H8NO. The molecule has 0 aromatic heterocycles. The number of benzene rings is 1. The van der Waals surface area contributed by atoms with Gasteiger partial charge in [0.05, 0.1) is 0 Å². The molecular weight excluding hydrogens is 138 g/mol. The standard InChI is InChI=1S/C9H8NO/c1-2-7-3-5-8(6-4-7)9(10)11/h2-6,10H,1H2. The van der Waals surface area contributed by atoms with E-state index in [-0.39, 0.29) is 0 Å². The van der Waals surface area contributed by atoms with Crippen molar-refractivity contribution in [1.82, 2.24) is 5.73 Å². The minimum Gasteiger partial charge on any atom is -0.267 e. The van der Waals surface area contributed by atoms with Gasteiger partial charge in [0, 0.05) is 5.56 Å². The molecule has 0 bridgehead atoms. The molecule has 0 aliphatic rings. The van der Waals surface area contributed by atoms with Gasteiger partial charge < -0.3 is 0 Å². The van der Waals surface area contributed by atoms with Crippen LogP contribution in [0.1, 0.15) is 15.9 Å². The highest BCUT2D eigenvalue weighted by Gasteiger charge is 1.97. The first-order valence-electron chi connectivity index (χ1n) is 3.22. The van der Waals surface area contributed by atoms with E-state index in [4.69, 9.17) is 5.73 Å². The number of rotatable bonds is 2. The molecule has 0 saturated heterocycles. The normalized spacial score (nSPS) is 9.09. The van der Waals surface area contributed by atoms with Gasteiger partial charge in [0.2, 0.25) is 0 Å². The summed E-state index contributed by atoms with van der Waals surface area (Å²) in [5, 5.41) is 0. The lowest BCUT2D eigenvalue weighted by molar-refractivity contribution is 0.0992. The highest BCUT2D eigenvalue weighted by molar-refractivity contribution is 5.92. The quantitative estimate of drug-likeness (QED) is 0.626. The van der Waals surface area contributed by atoms with Gasteiger partial charge in [0.1, 0.15) is 0 Å². The molecule has 0 fully saturated rings. The lowest BCUT2D eigenvalue weighted by Crippen LogP contribution is -1.97. The van der Waals surface area contributed by atoms with Crippen molar-refractivity contribution in [2.24, 2.45) is 0 Å². The van der Waals surface area contributed by atoms with Crippen LogP contribution in [-0.2, 0) is 0 Å². The van der Waals surface area contributed by atoms with Crippen LogP contribution in [0.4, 0.5) is 0 Å². The number of carbonyl (C=O) groups excluding carboxylic acids is 1. The van der Waals surface area contributed by atoms with E-state index in [1.165, 1.54) is 0 Å².